The summed E-state index contributed by atoms with van der Waals surface area (Å²) < 4.78 is 5.94. The third-order valence-electron chi connectivity index (χ3n) is 3.65. The molecule has 3 aromatic rings. The number of aryl methyl sites for hydroxylation is 1. The molecule has 0 bridgehead atoms. The number of aliphatic imine (C=N–C) groups is 1. The lowest BCUT2D eigenvalue weighted by molar-refractivity contribution is 0.306. The minimum Gasteiger partial charge on any atom is -0.488 e. The predicted octanol–water partition coefficient (Wildman–Crippen LogP) is 5.98. The van der Waals surface area contributed by atoms with Crippen molar-refractivity contribution in [2.75, 3.05) is 0 Å². The Morgan fingerprint density at radius 3 is 2.42 bits per heavy atom. The number of hydrogen-bond acceptors (Lipinski definition) is 2. The summed E-state index contributed by atoms with van der Waals surface area (Å²) in [5.41, 5.74) is 4.04. The molecule has 120 valence electrons. The van der Waals surface area contributed by atoms with Crippen molar-refractivity contribution < 1.29 is 4.74 Å². The molecule has 3 aromatic carbocycles. The minimum absolute atomic E-state index is 0.426. The van der Waals surface area contributed by atoms with Gasteiger partial charge in [-0.3, -0.25) is 4.99 Å². The Balaban J connectivity index is 1.75. The molecule has 0 saturated heterocycles. The fraction of sp³-hybridized carbons (Fsp3) is 0.0952. The van der Waals surface area contributed by atoms with E-state index in [1.54, 1.807) is 0 Å². The van der Waals surface area contributed by atoms with Crippen LogP contribution in [0.25, 0.3) is 0 Å². The zero-order valence-corrected chi connectivity index (χ0v) is 14.2. The summed E-state index contributed by atoms with van der Waals surface area (Å²) in [6.07, 6.45) is 1.83. The van der Waals surface area contributed by atoms with Gasteiger partial charge in [0.05, 0.1) is 5.69 Å². The van der Waals surface area contributed by atoms with Gasteiger partial charge in [0, 0.05) is 22.4 Å². The zero-order chi connectivity index (χ0) is 16.8. The summed E-state index contributed by atoms with van der Waals surface area (Å²) in [5, 5.41) is 0.711. The highest BCUT2D eigenvalue weighted by Gasteiger charge is 2.03. The van der Waals surface area contributed by atoms with Crippen molar-refractivity contribution in [2.24, 2.45) is 4.99 Å². The summed E-state index contributed by atoms with van der Waals surface area (Å²) in [6.45, 7) is 2.49. The van der Waals surface area contributed by atoms with Crippen LogP contribution in [-0.2, 0) is 6.61 Å². The SMILES string of the molecule is Cc1ccc(N=Cc2ccccc2OCc2ccccc2Cl)cc1. The van der Waals surface area contributed by atoms with Crippen LogP contribution < -0.4 is 4.74 Å². The highest BCUT2D eigenvalue weighted by Crippen LogP contribution is 2.22. The molecule has 0 spiro atoms. The van der Waals surface area contributed by atoms with Crippen molar-refractivity contribution in [3.8, 4) is 5.75 Å². The Hall–Kier alpha value is -2.58. The fourth-order valence-corrected chi connectivity index (χ4v) is 2.45. The van der Waals surface area contributed by atoms with E-state index in [1.807, 2.05) is 79.0 Å². The van der Waals surface area contributed by atoms with Gasteiger partial charge in [0.25, 0.3) is 0 Å². The average molecular weight is 336 g/mol. The highest BCUT2D eigenvalue weighted by atomic mass is 35.5. The summed E-state index contributed by atoms with van der Waals surface area (Å²) >= 11 is 6.18. The molecule has 0 unspecified atom stereocenters. The molecule has 0 aliphatic rings. The van der Waals surface area contributed by atoms with Gasteiger partial charge in [-0.15, -0.1) is 0 Å². The van der Waals surface area contributed by atoms with Crippen molar-refractivity contribution in [1.82, 2.24) is 0 Å². The first kappa shape index (κ1) is 16.3. The predicted molar refractivity (Wildman–Crippen MR) is 101 cm³/mol. The van der Waals surface area contributed by atoms with Crippen molar-refractivity contribution in [3.05, 3.63) is 94.5 Å². The molecule has 0 heterocycles. The molecule has 3 rings (SSSR count). The smallest absolute Gasteiger partial charge is 0.128 e. The first-order valence-electron chi connectivity index (χ1n) is 7.78. The minimum atomic E-state index is 0.426. The molecule has 0 N–H and O–H groups in total. The van der Waals surface area contributed by atoms with Gasteiger partial charge in [-0.05, 0) is 37.3 Å². The van der Waals surface area contributed by atoms with E-state index in [0.717, 1.165) is 22.6 Å². The maximum atomic E-state index is 6.18. The summed E-state index contributed by atoms with van der Waals surface area (Å²) in [6, 6.07) is 23.6. The van der Waals surface area contributed by atoms with Crippen LogP contribution in [0.5, 0.6) is 5.75 Å². The first-order valence-corrected chi connectivity index (χ1v) is 8.16. The van der Waals surface area contributed by atoms with Gasteiger partial charge >= 0.3 is 0 Å². The van der Waals surface area contributed by atoms with Crippen LogP contribution >= 0.6 is 11.6 Å². The molecule has 0 fully saturated rings. The van der Waals surface area contributed by atoms with Gasteiger partial charge < -0.3 is 4.74 Å². The molecular weight excluding hydrogens is 318 g/mol. The zero-order valence-electron chi connectivity index (χ0n) is 13.4. The summed E-state index contributed by atoms with van der Waals surface area (Å²) in [4.78, 5) is 4.52. The van der Waals surface area contributed by atoms with Gasteiger partial charge in [-0.25, -0.2) is 0 Å². The van der Waals surface area contributed by atoms with Crippen molar-refractivity contribution in [1.29, 1.82) is 0 Å². The molecule has 0 aliphatic heterocycles. The van der Waals surface area contributed by atoms with Gasteiger partial charge in [0.15, 0.2) is 0 Å². The van der Waals surface area contributed by atoms with Crippen LogP contribution in [0, 0.1) is 6.92 Å². The molecule has 0 atom stereocenters. The Morgan fingerprint density at radius 2 is 1.62 bits per heavy atom. The number of halogens is 1. The second kappa shape index (κ2) is 7.80. The van der Waals surface area contributed by atoms with E-state index < -0.39 is 0 Å². The number of benzene rings is 3. The number of ether oxygens (including phenoxy) is 1. The quantitative estimate of drug-likeness (QED) is 0.526. The largest absolute Gasteiger partial charge is 0.488 e. The van der Waals surface area contributed by atoms with Crippen LogP contribution in [-0.4, -0.2) is 6.21 Å². The Bertz CT molecular complexity index is 840. The Kier molecular flexibility index (Phi) is 5.29. The van der Waals surface area contributed by atoms with Crippen molar-refractivity contribution >= 4 is 23.5 Å². The van der Waals surface area contributed by atoms with E-state index in [0.29, 0.717) is 11.6 Å². The van der Waals surface area contributed by atoms with Crippen LogP contribution in [0.2, 0.25) is 5.02 Å². The van der Waals surface area contributed by atoms with Crippen LogP contribution in [0.3, 0.4) is 0 Å². The molecule has 0 aliphatic carbocycles. The van der Waals surface area contributed by atoms with E-state index in [4.69, 9.17) is 16.3 Å². The van der Waals surface area contributed by atoms with Crippen LogP contribution in [0.1, 0.15) is 16.7 Å². The molecule has 0 amide bonds. The molecular formula is C21H18ClNO. The van der Waals surface area contributed by atoms with Gasteiger partial charge in [-0.1, -0.05) is 59.6 Å². The lowest BCUT2D eigenvalue weighted by Gasteiger charge is -2.10. The lowest BCUT2D eigenvalue weighted by atomic mass is 10.2. The maximum absolute atomic E-state index is 6.18. The van der Waals surface area contributed by atoms with Crippen molar-refractivity contribution in [2.45, 2.75) is 13.5 Å². The molecule has 3 heteroatoms. The monoisotopic (exact) mass is 335 g/mol. The Morgan fingerprint density at radius 1 is 0.917 bits per heavy atom. The Labute approximate surface area is 147 Å². The van der Waals surface area contributed by atoms with Crippen LogP contribution in [0.15, 0.2) is 77.8 Å². The topological polar surface area (TPSA) is 21.6 Å². The third kappa shape index (κ3) is 4.24. The average Bonchev–Trinajstić information content (AvgIpc) is 2.61. The third-order valence-corrected chi connectivity index (χ3v) is 4.02. The first-order chi connectivity index (χ1) is 11.7. The van der Waals surface area contributed by atoms with E-state index in [9.17, 15) is 0 Å². The van der Waals surface area contributed by atoms with E-state index >= 15 is 0 Å². The second-order valence-corrected chi connectivity index (χ2v) is 5.92. The molecule has 0 saturated carbocycles. The summed E-state index contributed by atoms with van der Waals surface area (Å²) in [7, 11) is 0. The van der Waals surface area contributed by atoms with E-state index in [1.165, 1.54) is 5.56 Å². The number of nitrogens with zero attached hydrogens (tertiary/aromatic N) is 1. The van der Waals surface area contributed by atoms with Gasteiger partial charge in [0.1, 0.15) is 12.4 Å². The molecule has 0 radical (unpaired) electrons. The standard InChI is InChI=1S/C21H18ClNO/c1-16-10-12-19(13-11-16)23-14-17-6-3-5-9-21(17)24-15-18-7-2-4-8-20(18)22/h2-14H,15H2,1H3. The number of hydrogen-bond donors (Lipinski definition) is 0. The summed E-state index contributed by atoms with van der Waals surface area (Å²) in [5.74, 6) is 0.785. The normalized spacial score (nSPS) is 10.9. The molecule has 2 nitrogen and oxygen atoms in total. The lowest BCUT2D eigenvalue weighted by Crippen LogP contribution is -1.98. The highest BCUT2D eigenvalue weighted by molar-refractivity contribution is 6.31. The molecule has 0 aromatic heterocycles. The van der Waals surface area contributed by atoms with Gasteiger partial charge in [-0.2, -0.15) is 0 Å². The van der Waals surface area contributed by atoms with E-state index in [-0.39, 0.29) is 0 Å². The van der Waals surface area contributed by atoms with Gasteiger partial charge in [0.2, 0.25) is 0 Å². The molecule has 24 heavy (non-hydrogen) atoms. The second-order valence-electron chi connectivity index (χ2n) is 5.51. The number of rotatable bonds is 5. The van der Waals surface area contributed by atoms with E-state index in [2.05, 4.69) is 11.9 Å². The van der Waals surface area contributed by atoms with Crippen LogP contribution in [0.4, 0.5) is 5.69 Å². The maximum Gasteiger partial charge on any atom is 0.128 e. The van der Waals surface area contributed by atoms with Crippen molar-refractivity contribution in [3.63, 3.8) is 0 Å². The number of para-hydroxylation sites is 1. The fourth-order valence-electron chi connectivity index (χ4n) is 2.26.